The van der Waals surface area contributed by atoms with Gasteiger partial charge in [0.15, 0.2) is 0 Å². The quantitative estimate of drug-likeness (QED) is 0.349. The first kappa shape index (κ1) is 24.5. The molecule has 1 aromatic heterocycles. The lowest BCUT2D eigenvalue weighted by Crippen LogP contribution is -2.35. The first-order valence-electron chi connectivity index (χ1n) is 12.8. The fourth-order valence-corrected chi connectivity index (χ4v) is 4.77. The lowest BCUT2D eigenvalue weighted by molar-refractivity contribution is 0.144. The Kier molecular flexibility index (Phi) is 9.16. The van der Waals surface area contributed by atoms with Gasteiger partial charge in [-0.25, -0.2) is 4.98 Å². The van der Waals surface area contributed by atoms with Crippen LogP contribution in [0.3, 0.4) is 0 Å². The summed E-state index contributed by atoms with van der Waals surface area (Å²) in [5, 5.41) is 3.38. The molecule has 1 atom stereocenters. The van der Waals surface area contributed by atoms with Crippen molar-refractivity contribution in [3.05, 3.63) is 48.7 Å². The molecule has 2 aliphatic rings. The SMILES string of the molecule is C=CCOCc1cc(Nc2nccc(N3CCCC(CC)C3)n2)ccc1OCCN1CCCC1. The second-order valence-corrected chi connectivity index (χ2v) is 9.25. The van der Waals surface area contributed by atoms with E-state index in [2.05, 4.69) is 39.7 Å². The van der Waals surface area contributed by atoms with Crippen molar-refractivity contribution in [1.82, 2.24) is 14.9 Å². The van der Waals surface area contributed by atoms with Gasteiger partial charge in [-0.15, -0.1) is 6.58 Å². The number of piperidine rings is 1. The number of benzene rings is 1. The molecule has 0 spiro atoms. The van der Waals surface area contributed by atoms with E-state index in [9.17, 15) is 0 Å². The van der Waals surface area contributed by atoms with Crippen LogP contribution in [0.4, 0.5) is 17.5 Å². The summed E-state index contributed by atoms with van der Waals surface area (Å²) in [6.07, 6.45) is 9.94. The molecule has 0 saturated carbocycles. The molecule has 7 nitrogen and oxygen atoms in total. The zero-order valence-electron chi connectivity index (χ0n) is 20.5. The van der Waals surface area contributed by atoms with Gasteiger partial charge in [0, 0.05) is 37.1 Å². The minimum Gasteiger partial charge on any atom is -0.492 e. The Bertz CT molecular complexity index is 916. The minimum absolute atomic E-state index is 0.466. The normalized spacial score (nSPS) is 18.7. The highest BCUT2D eigenvalue weighted by molar-refractivity contribution is 5.58. The summed E-state index contributed by atoms with van der Waals surface area (Å²) in [5.74, 6) is 3.21. The molecule has 7 heteroatoms. The average Bonchev–Trinajstić information content (AvgIpc) is 3.39. The van der Waals surface area contributed by atoms with Crippen LogP contribution in [0.25, 0.3) is 0 Å². The summed E-state index contributed by atoms with van der Waals surface area (Å²) >= 11 is 0. The maximum absolute atomic E-state index is 6.14. The van der Waals surface area contributed by atoms with E-state index in [1.54, 1.807) is 6.08 Å². The van der Waals surface area contributed by atoms with Gasteiger partial charge >= 0.3 is 0 Å². The van der Waals surface area contributed by atoms with Gasteiger partial charge in [-0.3, -0.25) is 4.90 Å². The van der Waals surface area contributed by atoms with Crippen molar-refractivity contribution in [2.24, 2.45) is 5.92 Å². The Balaban J connectivity index is 1.42. The van der Waals surface area contributed by atoms with E-state index < -0.39 is 0 Å². The summed E-state index contributed by atoms with van der Waals surface area (Å²) in [6.45, 7) is 13.1. The van der Waals surface area contributed by atoms with Crippen LogP contribution in [0.5, 0.6) is 5.75 Å². The third-order valence-electron chi connectivity index (χ3n) is 6.73. The Morgan fingerprint density at radius 3 is 2.88 bits per heavy atom. The van der Waals surface area contributed by atoms with Gasteiger partial charge in [0.25, 0.3) is 0 Å². The summed E-state index contributed by atoms with van der Waals surface area (Å²) in [5.41, 5.74) is 1.93. The number of hydrogen-bond donors (Lipinski definition) is 1. The molecule has 2 aromatic rings. The van der Waals surface area contributed by atoms with Gasteiger partial charge in [-0.1, -0.05) is 19.4 Å². The van der Waals surface area contributed by atoms with Crippen LogP contribution in [-0.4, -0.2) is 60.8 Å². The van der Waals surface area contributed by atoms with Crippen LogP contribution in [0, 0.1) is 5.92 Å². The number of nitrogens with zero attached hydrogens (tertiary/aromatic N) is 4. The number of aromatic nitrogens is 2. The molecule has 184 valence electrons. The summed E-state index contributed by atoms with van der Waals surface area (Å²) in [7, 11) is 0. The molecular weight excluding hydrogens is 426 g/mol. The Morgan fingerprint density at radius 1 is 1.18 bits per heavy atom. The largest absolute Gasteiger partial charge is 0.492 e. The van der Waals surface area contributed by atoms with Crippen molar-refractivity contribution in [2.45, 2.75) is 45.6 Å². The maximum Gasteiger partial charge on any atom is 0.229 e. The fraction of sp³-hybridized carbons (Fsp3) is 0.556. The molecule has 2 aliphatic heterocycles. The highest BCUT2D eigenvalue weighted by Gasteiger charge is 2.20. The number of nitrogens with one attached hydrogen (secondary N) is 1. The molecular formula is C27H39N5O2. The minimum atomic E-state index is 0.466. The molecule has 4 rings (SSSR count). The predicted octanol–water partition coefficient (Wildman–Crippen LogP) is 5.02. The molecule has 0 bridgehead atoms. The lowest BCUT2D eigenvalue weighted by Gasteiger charge is -2.33. The van der Waals surface area contributed by atoms with E-state index in [0.717, 1.165) is 48.4 Å². The molecule has 34 heavy (non-hydrogen) atoms. The number of hydrogen-bond acceptors (Lipinski definition) is 7. The number of likely N-dealkylation sites (tertiary alicyclic amines) is 1. The van der Waals surface area contributed by atoms with Crippen LogP contribution >= 0.6 is 0 Å². The molecule has 2 saturated heterocycles. The second-order valence-electron chi connectivity index (χ2n) is 9.25. The maximum atomic E-state index is 6.14. The fourth-order valence-electron chi connectivity index (χ4n) is 4.77. The zero-order chi connectivity index (χ0) is 23.6. The molecule has 3 heterocycles. The highest BCUT2D eigenvalue weighted by Crippen LogP contribution is 2.27. The number of ether oxygens (including phenoxy) is 2. The molecule has 1 N–H and O–H groups in total. The molecule has 2 fully saturated rings. The van der Waals surface area contributed by atoms with Gasteiger partial charge in [-0.2, -0.15) is 4.98 Å². The molecule has 0 aliphatic carbocycles. The van der Waals surface area contributed by atoms with Crippen LogP contribution in [0.1, 0.15) is 44.6 Å². The Labute approximate surface area is 204 Å². The van der Waals surface area contributed by atoms with Gasteiger partial charge < -0.3 is 19.7 Å². The number of anilines is 3. The van der Waals surface area contributed by atoms with E-state index in [1.165, 1.54) is 45.2 Å². The van der Waals surface area contributed by atoms with Gasteiger partial charge in [0.2, 0.25) is 5.95 Å². The predicted molar refractivity (Wildman–Crippen MR) is 138 cm³/mol. The van der Waals surface area contributed by atoms with Crippen molar-refractivity contribution in [1.29, 1.82) is 0 Å². The van der Waals surface area contributed by atoms with Gasteiger partial charge in [-0.05, 0) is 69.0 Å². The molecule has 0 amide bonds. The van der Waals surface area contributed by atoms with E-state index in [4.69, 9.17) is 14.5 Å². The summed E-state index contributed by atoms with van der Waals surface area (Å²) in [6, 6.07) is 8.11. The molecule has 0 radical (unpaired) electrons. The van der Waals surface area contributed by atoms with Crippen LogP contribution in [0.2, 0.25) is 0 Å². The van der Waals surface area contributed by atoms with E-state index in [-0.39, 0.29) is 0 Å². The zero-order valence-corrected chi connectivity index (χ0v) is 20.5. The summed E-state index contributed by atoms with van der Waals surface area (Å²) in [4.78, 5) is 14.1. The second kappa shape index (κ2) is 12.7. The van der Waals surface area contributed by atoms with E-state index in [1.807, 2.05) is 24.4 Å². The monoisotopic (exact) mass is 465 g/mol. The van der Waals surface area contributed by atoms with Crippen molar-refractivity contribution < 1.29 is 9.47 Å². The Morgan fingerprint density at radius 2 is 2.06 bits per heavy atom. The first-order chi connectivity index (χ1) is 16.7. The smallest absolute Gasteiger partial charge is 0.229 e. The third kappa shape index (κ3) is 6.93. The van der Waals surface area contributed by atoms with Gasteiger partial charge in [0.05, 0.1) is 13.2 Å². The van der Waals surface area contributed by atoms with Crippen LogP contribution in [-0.2, 0) is 11.3 Å². The number of rotatable bonds is 12. The lowest BCUT2D eigenvalue weighted by atomic mass is 9.96. The standard InChI is InChI=1S/C27H39N5O2/c1-3-17-33-21-23-19-24(9-10-25(23)34-18-16-31-13-5-6-14-31)29-27-28-12-11-26(30-27)32-15-7-8-22(4-2)20-32/h3,9-12,19,22H,1,4-8,13-18,20-21H2,2H3,(H,28,29,30). The van der Waals surface area contributed by atoms with Crippen molar-refractivity contribution >= 4 is 17.5 Å². The molecule has 1 unspecified atom stereocenters. The first-order valence-corrected chi connectivity index (χ1v) is 12.8. The summed E-state index contributed by atoms with van der Waals surface area (Å²) < 4.78 is 11.9. The van der Waals surface area contributed by atoms with E-state index >= 15 is 0 Å². The topological polar surface area (TPSA) is 62.8 Å². The highest BCUT2D eigenvalue weighted by atomic mass is 16.5. The third-order valence-corrected chi connectivity index (χ3v) is 6.73. The Hall–Kier alpha value is -2.64. The molecule has 1 aromatic carbocycles. The average molecular weight is 466 g/mol. The van der Waals surface area contributed by atoms with Crippen LogP contribution in [0.15, 0.2) is 43.1 Å². The van der Waals surface area contributed by atoms with Crippen molar-refractivity contribution in [3.8, 4) is 5.75 Å². The van der Waals surface area contributed by atoms with Crippen molar-refractivity contribution in [3.63, 3.8) is 0 Å². The van der Waals surface area contributed by atoms with Crippen LogP contribution < -0.4 is 15.0 Å². The van der Waals surface area contributed by atoms with E-state index in [0.29, 0.717) is 25.8 Å². The van der Waals surface area contributed by atoms with Gasteiger partial charge in [0.1, 0.15) is 18.2 Å². The van der Waals surface area contributed by atoms with Crippen molar-refractivity contribution in [2.75, 3.05) is 56.2 Å².